The summed E-state index contributed by atoms with van der Waals surface area (Å²) in [7, 11) is 0. The molecule has 3 nitrogen and oxygen atoms in total. The van der Waals surface area contributed by atoms with Gasteiger partial charge in [-0.25, -0.2) is 0 Å². The molecule has 0 heterocycles. The van der Waals surface area contributed by atoms with E-state index in [0.29, 0.717) is 18.0 Å². The first-order chi connectivity index (χ1) is 10.1. The second-order valence-corrected chi connectivity index (χ2v) is 6.31. The molecule has 0 aliphatic heterocycles. The van der Waals surface area contributed by atoms with Crippen LogP contribution in [0, 0.1) is 5.92 Å². The van der Waals surface area contributed by atoms with Crippen LogP contribution >= 0.6 is 15.9 Å². The van der Waals surface area contributed by atoms with E-state index in [1.165, 1.54) is 0 Å². The lowest BCUT2D eigenvalue weighted by atomic mass is 10.1. The van der Waals surface area contributed by atoms with Crippen molar-refractivity contribution < 1.29 is 9.90 Å². The maximum atomic E-state index is 12.1. The Morgan fingerprint density at radius 2 is 1.95 bits per heavy atom. The normalized spacial score (nSPS) is 12.3. The molecule has 0 fully saturated rings. The number of hydrogen-bond donors (Lipinski definition) is 2. The first-order valence-corrected chi connectivity index (χ1v) is 7.98. The number of fused-ring (bicyclic) bond motifs is 1. The molecule has 2 aromatic carbocycles. The molecule has 0 spiro atoms. The highest BCUT2D eigenvalue weighted by molar-refractivity contribution is 9.10. The molecule has 0 aliphatic rings. The fourth-order valence-corrected chi connectivity index (χ4v) is 2.58. The molecule has 2 N–H and O–H groups in total. The average molecular weight is 350 g/mol. The van der Waals surface area contributed by atoms with Gasteiger partial charge in [-0.2, -0.15) is 0 Å². The van der Waals surface area contributed by atoms with Gasteiger partial charge in [0.25, 0.3) is 5.91 Å². The van der Waals surface area contributed by atoms with Crippen LogP contribution in [0.5, 0.6) is 0 Å². The number of carbonyl (C=O) groups is 1. The van der Waals surface area contributed by atoms with E-state index >= 15 is 0 Å². The van der Waals surface area contributed by atoms with E-state index in [1.54, 1.807) is 0 Å². The van der Waals surface area contributed by atoms with Gasteiger partial charge in [-0.05, 0) is 53.8 Å². The zero-order chi connectivity index (χ0) is 15.2. The molecule has 0 radical (unpaired) electrons. The van der Waals surface area contributed by atoms with Gasteiger partial charge >= 0.3 is 0 Å². The molecule has 21 heavy (non-hydrogen) atoms. The minimum Gasteiger partial charge on any atom is -0.396 e. The summed E-state index contributed by atoms with van der Waals surface area (Å²) in [6, 6.07) is 11.7. The van der Waals surface area contributed by atoms with Crippen LogP contribution in [0.15, 0.2) is 40.9 Å². The summed E-state index contributed by atoms with van der Waals surface area (Å²) in [4.78, 5) is 12.1. The summed E-state index contributed by atoms with van der Waals surface area (Å²) >= 11 is 3.44. The molecule has 1 amide bonds. The van der Waals surface area contributed by atoms with Crippen LogP contribution < -0.4 is 5.32 Å². The lowest BCUT2D eigenvalue weighted by molar-refractivity contribution is 0.0952. The van der Waals surface area contributed by atoms with Crippen LogP contribution in [0.2, 0.25) is 0 Å². The van der Waals surface area contributed by atoms with Gasteiger partial charge in [0.05, 0.1) is 0 Å². The van der Waals surface area contributed by atoms with Gasteiger partial charge in [0.15, 0.2) is 0 Å². The lowest BCUT2D eigenvalue weighted by Crippen LogP contribution is -2.24. The monoisotopic (exact) mass is 349 g/mol. The highest BCUT2D eigenvalue weighted by Gasteiger charge is 2.06. The molecule has 4 heteroatoms. The minimum absolute atomic E-state index is 0.0449. The van der Waals surface area contributed by atoms with Gasteiger partial charge < -0.3 is 10.4 Å². The molecule has 0 saturated carbocycles. The summed E-state index contributed by atoms with van der Waals surface area (Å²) in [6.07, 6.45) is 1.80. The number of aliphatic hydroxyl groups is 1. The molecule has 1 unspecified atom stereocenters. The Morgan fingerprint density at radius 1 is 1.24 bits per heavy atom. The Morgan fingerprint density at radius 3 is 2.71 bits per heavy atom. The number of aliphatic hydroxyl groups excluding tert-OH is 1. The van der Waals surface area contributed by atoms with E-state index in [0.717, 1.165) is 28.1 Å². The predicted molar refractivity (Wildman–Crippen MR) is 89.5 cm³/mol. The topological polar surface area (TPSA) is 49.3 Å². The first kappa shape index (κ1) is 16.0. The Kier molecular flexibility index (Phi) is 5.76. The van der Waals surface area contributed by atoms with E-state index in [4.69, 9.17) is 5.11 Å². The molecular weight excluding hydrogens is 330 g/mol. The highest BCUT2D eigenvalue weighted by Crippen LogP contribution is 2.21. The molecule has 2 rings (SSSR count). The standard InChI is InChI=1S/C17H20BrNO2/c1-12(11-20)3-2-8-19-17(21)15-5-4-14-10-16(18)7-6-13(14)9-15/h4-7,9-10,12,20H,2-3,8,11H2,1H3,(H,19,21). The van der Waals surface area contributed by atoms with Crippen molar-refractivity contribution in [3.63, 3.8) is 0 Å². The SMILES string of the molecule is CC(CO)CCCNC(=O)c1ccc2cc(Br)ccc2c1. The molecule has 0 aromatic heterocycles. The van der Waals surface area contributed by atoms with Crippen molar-refractivity contribution in [2.45, 2.75) is 19.8 Å². The van der Waals surface area contributed by atoms with Crippen LogP contribution in [-0.2, 0) is 0 Å². The molecule has 0 bridgehead atoms. The van der Waals surface area contributed by atoms with Crippen LogP contribution in [0.3, 0.4) is 0 Å². The third-order valence-electron chi connectivity index (χ3n) is 3.54. The van der Waals surface area contributed by atoms with E-state index in [2.05, 4.69) is 21.2 Å². The number of amides is 1. The Labute approximate surface area is 133 Å². The Bertz CT molecular complexity index is 627. The Hall–Kier alpha value is -1.39. The Balaban J connectivity index is 1.95. The van der Waals surface area contributed by atoms with Gasteiger partial charge in [-0.1, -0.05) is 35.0 Å². The molecular formula is C17H20BrNO2. The van der Waals surface area contributed by atoms with Crippen LogP contribution in [0.4, 0.5) is 0 Å². The van der Waals surface area contributed by atoms with Crippen molar-refractivity contribution >= 4 is 32.6 Å². The predicted octanol–water partition coefficient (Wildman–Crippen LogP) is 3.74. The smallest absolute Gasteiger partial charge is 0.251 e. The van der Waals surface area contributed by atoms with Crippen molar-refractivity contribution in [3.8, 4) is 0 Å². The summed E-state index contributed by atoms with van der Waals surface area (Å²) in [5, 5.41) is 14.0. The van der Waals surface area contributed by atoms with Crippen LogP contribution in [0.1, 0.15) is 30.1 Å². The zero-order valence-corrected chi connectivity index (χ0v) is 13.7. The van der Waals surface area contributed by atoms with Crippen molar-refractivity contribution in [3.05, 3.63) is 46.4 Å². The summed E-state index contributed by atoms with van der Waals surface area (Å²) in [6.45, 7) is 2.85. The van der Waals surface area contributed by atoms with E-state index in [1.807, 2.05) is 43.3 Å². The number of nitrogens with one attached hydrogen (secondary N) is 1. The van der Waals surface area contributed by atoms with Gasteiger partial charge in [0, 0.05) is 23.2 Å². The average Bonchev–Trinajstić information content (AvgIpc) is 2.50. The van der Waals surface area contributed by atoms with Crippen molar-refractivity contribution in [2.75, 3.05) is 13.2 Å². The van der Waals surface area contributed by atoms with E-state index in [-0.39, 0.29) is 12.5 Å². The molecule has 0 aliphatic carbocycles. The van der Waals surface area contributed by atoms with E-state index in [9.17, 15) is 4.79 Å². The van der Waals surface area contributed by atoms with Crippen molar-refractivity contribution in [2.24, 2.45) is 5.92 Å². The number of benzene rings is 2. The van der Waals surface area contributed by atoms with Gasteiger partial charge in [0.2, 0.25) is 0 Å². The number of halogens is 1. The summed E-state index contributed by atoms with van der Waals surface area (Å²) in [5.41, 5.74) is 0.681. The molecule has 112 valence electrons. The molecule has 1 atom stereocenters. The minimum atomic E-state index is -0.0449. The number of hydrogen-bond acceptors (Lipinski definition) is 2. The molecule has 2 aromatic rings. The number of rotatable bonds is 6. The lowest BCUT2D eigenvalue weighted by Gasteiger charge is -2.09. The second-order valence-electron chi connectivity index (χ2n) is 5.39. The van der Waals surface area contributed by atoms with Crippen LogP contribution in [0.25, 0.3) is 10.8 Å². The van der Waals surface area contributed by atoms with E-state index < -0.39 is 0 Å². The summed E-state index contributed by atoms with van der Waals surface area (Å²) < 4.78 is 1.03. The summed E-state index contributed by atoms with van der Waals surface area (Å²) in [5.74, 6) is 0.248. The van der Waals surface area contributed by atoms with Crippen LogP contribution in [-0.4, -0.2) is 24.2 Å². The quantitative estimate of drug-likeness (QED) is 0.780. The maximum Gasteiger partial charge on any atom is 0.251 e. The van der Waals surface area contributed by atoms with Crippen molar-refractivity contribution in [1.82, 2.24) is 5.32 Å². The largest absolute Gasteiger partial charge is 0.396 e. The molecule has 0 saturated heterocycles. The third-order valence-corrected chi connectivity index (χ3v) is 4.03. The number of carbonyl (C=O) groups excluding carboxylic acids is 1. The van der Waals surface area contributed by atoms with Gasteiger partial charge in [-0.15, -0.1) is 0 Å². The fourth-order valence-electron chi connectivity index (χ4n) is 2.20. The maximum absolute atomic E-state index is 12.1. The highest BCUT2D eigenvalue weighted by atomic mass is 79.9. The first-order valence-electron chi connectivity index (χ1n) is 7.18. The fraction of sp³-hybridized carbons (Fsp3) is 0.353. The second kappa shape index (κ2) is 7.57. The zero-order valence-electron chi connectivity index (χ0n) is 12.1. The van der Waals surface area contributed by atoms with Crippen molar-refractivity contribution in [1.29, 1.82) is 0 Å². The van der Waals surface area contributed by atoms with Gasteiger partial charge in [0.1, 0.15) is 0 Å². The third kappa shape index (κ3) is 4.55. The van der Waals surface area contributed by atoms with Gasteiger partial charge in [-0.3, -0.25) is 4.79 Å².